The van der Waals surface area contributed by atoms with Gasteiger partial charge < -0.3 is 4.74 Å². The van der Waals surface area contributed by atoms with Crippen LogP contribution in [-0.4, -0.2) is 35.0 Å². The third kappa shape index (κ3) is 4.15. The lowest BCUT2D eigenvalue weighted by Gasteiger charge is -2.42. The summed E-state index contributed by atoms with van der Waals surface area (Å²) in [7, 11) is 0. The summed E-state index contributed by atoms with van der Waals surface area (Å²) in [6.45, 7) is 6.57. The zero-order valence-electron chi connectivity index (χ0n) is 11.1. The van der Waals surface area contributed by atoms with Crippen LogP contribution in [0.5, 0.6) is 0 Å². The van der Waals surface area contributed by atoms with Gasteiger partial charge in [-0.05, 0) is 31.5 Å². The van der Waals surface area contributed by atoms with Gasteiger partial charge in [-0.2, -0.15) is 0 Å². The molecule has 1 aromatic rings. The predicted molar refractivity (Wildman–Crippen MR) is 79.4 cm³/mol. The van der Waals surface area contributed by atoms with Crippen molar-refractivity contribution < 1.29 is 9.13 Å². The van der Waals surface area contributed by atoms with Crippen molar-refractivity contribution >= 4 is 27.5 Å². The van der Waals surface area contributed by atoms with Gasteiger partial charge in [0.1, 0.15) is 5.82 Å². The van der Waals surface area contributed by atoms with E-state index < -0.39 is 0 Å². The van der Waals surface area contributed by atoms with Crippen LogP contribution >= 0.6 is 27.5 Å². The summed E-state index contributed by atoms with van der Waals surface area (Å²) in [6.07, 6.45) is 0.169. The second-order valence-corrected chi connectivity index (χ2v) is 6.61. The summed E-state index contributed by atoms with van der Waals surface area (Å²) in [5.41, 5.74) is 0.775. The van der Waals surface area contributed by atoms with Gasteiger partial charge in [0.25, 0.3) is 0 Å². The summed E-state index contributed by atoms with van der Waals surface area (Å²) in [6, 6.07) is 4.57. The van der Waals surface area contributed by atoms with Crippen LogP contribution in [0, 0.1) is 5.82 Å². The Hall–Kier alpha value is -0.160. The van der Waals surface area contributed by atoms with Crippen LogP contribution in [0.15, 0.2) is 18.2 Å². The van der Waals surface area contributed by atoms with Gasteiger partial charge >= 0.3 is 0 Å². The molecule has 1 aliphatic heterocycles. The highest BCUT2D eigenvalue weighted by Crippen LogP contribution is 2.25. The van der Waals surface area contributed by atoms with Crippen LogP contribution in [0.25, 0.3) is 0 Å². The van der Waals surface area contributed by atoms with Crippen molar-refractivity contribution in [1.82, 2.24) is 4.90 Å². The Morgan fingerprint density at radius 3 is 2.89 bits per heavy atom. The highest BCUT2D eigenvalue weighted by Gasteiger charge is 2.32. The second kappa shape index (κ2) is 6.08. The van der Waals surface area contributed by atoms with Crippen molar-refractivity contribution in [2.45, 2.75) is 32.1 Å². The topological polar surface area (TPSA) is 12.5 Å². The van der Waals surface area contributed by atoms with E-state index in [9.17, 15) is 4.39 Å². The van der Waals surface area contributed by atoms with Crippen LogP contribution in [0.3, 0.4) is 0 Å². The molecule has 0 N–H and O–H groups in total. The van der Waals surface area contributed by atoms with Gasteiger partial charge in [0.05, 0.1) is 11.7 Å². The molecule has 19 heavy (non-hydrogen) atoms. The van der Waals surface area contributed by atoms with Gasteiger partial charge in [-0.15, -0.1) is 0 Å². The van der Waals surface area contributed by atoms with Crippen molar-refractivity contribution in [1.29, 1.82) is 0 Å². The van der Waals surface area contributed by atoms with Crippen molar-refractivity contribution in [3.05, 3.63) is 34.6 Å². The Labute approximate surface area is 127 Å². The first-order valence-corrected chi connectivity index (χ1v) is 7.79. The lowest BCUT2D eigenvalue weighted by atomic mass is 10.0. The number of benzene rings is 1. The molecule has 0 radical (unpaired) electrons. The Balaban J connectivity index is 2.09. The van der Waals surface area contributed by atoms with Crippen LogP contribution in [0.4, 0.5) is 4.39 Å². The molecule has 1 unspecified atom stereocenters. The van der Waals surface area contributed by atoms with Gasteiger partial charge in [0.2, 0.25) is 0 Å². The van der Waals surface area contributed by atoms with E-state index >= 15 is 0 Å². The first kappa shape index (κ1) is 15.2. The van der Waals surface area contributed by atoms with E-state index in [1.54, 1.807) is 6.07 Å². The third-order valence-corrected chi connectivity index (χ3v) is 4.21. The van der Waals surface area contributed by atoms with Crippen molar-refractivity contribution in [3.63, 3.8) is 0 Å². The average molecular weight is 351 g/mol. The first-order chi connectivity index (χ1) is 8.89. The molecule has 1 fully saturated rings. The van der Waals surface area contributed by atoms with E-state index in [0.717, 1.165) is 30.5 Å². The molecule has 0 saturated carbocycles. The van der Waals surface area contributed by atoms with E-state index in [1.807, 2.05) is 0 Å². The fourth-order valence-corrected chi connectivity index (χ4v) is 3.07. The molecular formula is C14H18BrClFNO. The number of alkyl halides is 1. The van der Waals surface area contributed by atoms with Crippen LogP contribution in [0.1, 0.15) is 19.4 Å². The zero-order valence-corrected chi connectivity index (χ0v) is 13.5. The predicted octanol–water partition coefficient (Wildman–Crippen LogP) is 3.85. The summed E-state index contributed by atoms with van der Waals surface area (Å²) >= 11 is 9.56. The monoisotopic (exact) mass is 349 g/mol. The standard InChI is InChI=1S/C14H18BrClFNO/c1-14(2)9-18(8-12(6-15)19-14)7-10-3-4-11(17)5-13(10)16/h3-5,12H,6-9H2,1-2H3. The van der Waals surface area contributed by atoms with Gasteiger partial charge in [0, 0.05) is 30.0 Å². The highest BCUT2D eigenvalue weighted by atomic mass is 79.9. The first-order valence-electron chi connectivity index (χ1n) is 6.30. The van der Waals surface area contributed by atoms with Crippen molar-refractivity contribution in [2.75, 3.05) is 18.4 Å². The second-order valence-electron chi connectivity index (χ2n) is 5.56. The number of hydrogen-bond donors (Lipinski definition) is 0. The zero-order chi connectivity index (χ0) is 14.0. The highest BCUT2D eigenvalue weighted by molar-refractivity contribution is 9.09. The number of rotatable bonds is 3. The maximum absolute atomic E-state index is 13.0. The van der Waals surface area contributed by atoms with Gasteiger partial charge in [-0.1, -0.05) is 33.6 Å². The number of halogens is 3. The normalized spacial score (nSPS) is 23.5. The Morgan fingerprint density at radius 2 is 2.26 bits per heavy atom. The van der Waals surface area contributed by atoms with E-state index in [2.05, 4.69) is 34.7 Å². The number of nitrogens with zero attached hydrogens (tertiary/aromatic N) is 1. The van der Waals surface area contributed by atoms with Crippen molar-refractivity contribution in [3.8, 4) is 0 Å². The summed E-state index contributed by atoms with van der Waals surface area (Å²) < 4.78 is 19.0. The smallest absolute Gasteiger partial charge is 0.124 e. The number of morpholine rings is 1. The maximum atomic E-state index is 13.0. The summed E-state index contributed by atoms with van der Waals surface area (Å²) in [5.74, 6) is -0.297. The largest absolute Gasteiger partial charge is 0.369 e. The number of ether oxygens (including phenoxy) is 1. The quantitative estimate of drug-likeness (QED) is 0.768. The van der Waals surface area contributed by atoms with Crippen LogP contribution < -0.4 is 0 Å². The molecule has 1 aliphatic rings. The Bertz CT molecular complexity index is 455. The summed E-state index contributed by atoms with van der Waals surface area (Å²) in [5, 5.41) is 1.30. The minimum Gasteiger partial charge on any atom is -0.369 e. The van der Waals surface area contributed by atoms with E-state index in [0.29, 0.717) is 5.02 Å². The van der Waals surface area contributed by atoms with E-state index in [1.165, 1.54) is 12.1 Å². The lowest BCUT2D eigenvalue weighted by Crippen LogP contribution is -2.52. The number of hydrogen-bond acceptors (Lipinski definition) is 2. The SMILES string of the molecule is CC1(C)CN(Cc2ccc(F)cc2Cl)CC(CBr)O1. The molecule has 2 rings (SSSR count). The molecule has 5 heteroatoms. The molecular weight excluding hydrogens is 333 g/mol. The van der Waals surface area contributed by atoms with Gasteiger partial charge in [0.15, 0.2) is 0 Å². The lowest BCUT2D eigenvalue weighted by molar-refractivity contribution is -0.128. The molecule has 1 atom stereocenters. The van der Waals surface area contributed by atoms with Gasteiger partial charge in [-0.25, -0.2) is 4.39 Å². The third-order valence-electron chi connectivity index (χ3n) is 3.13. The minimum atomic E-state index is -0.297. The minimum absolute atomic E-state index is 0.169. The van der Waals surface area contributed by atoms with E-state index in [4.69, 9.17) is 16.3 Å². The fraction of sp³-hybridized carbons (Fsp3) is 0.571. The van der Waals surface area contributed by atoms with Crippen molar-refractivity contribution in [2.24, 2.45) is 0 Å². The molecule has 1 heterocycles. The average Bonchev–Trinajstić information content (AvgIpc) is 2.31. The molecule has 0 aromatic heterocycles. The molecule has 0 amide bonds. The molecule has 106 valence electrons. The molecule has 1 saturated heterocycles. The van der Waals surface area contributed by atoms with E-state index in [-0.39, 0.29) is 17.5 Å². The fourth-order valence-electron chi connectivity index (χ4n) is 2.51. The molecule has 0 aliphatic carbocycles. The van der Waals surface area contributed by atoms with Crippen LogP contribution in [-0.2, 0) is 11.3 Å². The Morgan fingerprint density at radius 1 is 1.53 bits per heavy atom. The Kier molecular flexibility index (Phi) is 4.88. The summed E-state index contributed by atoms with van der Waals surface area (Å²) in [4.78, 5) is 2.30. The maximum Gasteiger partial charge on any atom is 0.124 e. The van der Waals surface area contributed by atoms with Gasteiger partial charge in [-0.3, -0.25) is 4.90 Å². The molecule has 2 nitrogen and oxygen atoms in total. The molecule has 0 spiro atoms. The van der Waals surface area contributed by atoms with Crippen LogP contribution in [0.2, 0.25) is 5.02 Å². The molecule has 0 bridgehead atoms. The molecule has 1 aromatic carbocycles.